The third-order valence-electron chi connectivity index (χ3n) is 5.48. The lowest BCUT2D eigenvalue weighted by atomic mass is 9.49. The summed E-state index contributed by atoms with van der Waals surface area (Å²) in [7, 11) is 10.7. The Balaban J connectivity index is 1.70. The van der Waals surface area contributed by atoms with Gasteiger partial charge in [0.1, 0.15) is 29.9 Å². The first-order valence-corrected chi connectivity index (χ1v) is 11.6. The van der Waals surface area contributed by atoms with E-state index in [0.717, 1.165) is 12.8 Å². The topological polar surface area (TPSA) is 139 Å². The number of methoxy groups -OCH3 is 1. The summed E-state index contributed by atoms with van der Waals surface area (Å²) in [4.78, 5) is 31.6. The van der Waals surface area contributed by atoms with E-state index in [9.17, 15) is 9.59 Å². The van der Waals surface area contributed by atoms with E-state index < -0.39 is 11.1 Å². The summed E-state index contributed by atoms with van der Waals surface area (Å²) in [6.45, 7) is 0. The summed E-state index contributed by atoms with van der Waals surface area (Å²) in [6, 6.07) is 7.00. The SMILES string of the molecule is BC(B)(B)NC(=O)c1nnc(NC(=O)N(C)C2CC2)cc1Nc1cccc(-c2ncn(C)n2)c1OC. The number of nitrogens with one attached hydrogen (secondary N) is 3. The van der Waals surface area contributed by atoms with Gasteiger partial charge in [-0.25, -0.2) is 9.78 Å². The average Bonchev–Trinajstić information content (AvgIpc) is 3.57. The van der Waals surface area contributed by atoms with E-state index in [4.69, 9.17) is 4.74 Å². The van der Waals surface area contributed by atoms with Gasteiger partial charge in [-0.05, 0) is 30.2 Å². The van der Waals surface area contributed by atoms with Gasteiger partial charge < -0.3 is 20.3 Å². The van der Waals surface area contributed by atoms with Gasteiger partial charge in [0.05, 0.1) is 24.0 Å². The normalized spacial score (nSPS) is 13.1. The summed E-state index contributed by atoms with van der Waals surface area (Å²) in [5.41, 5.74) is 1.65. The number of anilines is 3. The van der Waals surface area contributed by atoms with Crippen LogP contribution in [0.3, 0.4) is 0 Å². The summed E-state index contributed by atoms with van der Waals surface area (Å²) in [6.07, 6.45) is 3.56. The fraction of sp³-hybridized carbons (Fsp3) is 0.333. The number of hydrogen-bond donors (Lipinski definition) is 3. The highest BCUT2D eigenvalue weighted by atomic mass is 16.5. The van der Waals surface area contributed by atoms with Crippen molar-refractivity contribution in [3.63, 3.8) is 0 Å². The molecular formula is C21H28B3N9O3. The second-order valence-corrected chi connectivity index (χ2v) is 9.72. The average molecular weight is 487 g/mol. The van der Waals surface area contributed by atoms with E-state index in [1.54, 1.807) is 49.2 Å². The molecule has 0 aliphatic heterocycles. The van der Waals surface area contributed by atoms with Gasteiger partial charge in [0.15, 0.2) is 23.1 Å². The summed E-state index contributed by atoms with van der Waals surface area (Å²) in [5, 5.41) is 21.0. The zero-order valence-corrected chi connectivity index (χ0v) is 21.3. The second-order valence-electron chi connectivity index (χ2n) is 9.72. The van der Waals surface area contributed by atoms with Crippen molar-refractivity contribution in [2.45, 2.75) is 24.1 Å². The third-order valence-corrected chi connectivity index (χ3v) is 5.48. The van der Waals surface area contributed by atoms with E-state index in [-0.39, 0.29) is 23.6 Å². The maximum absolute atomic E-state index is 13.1. The molecule has 1 aliphatic carbocycles. The molecule has 1 fully saturated rings. The van der Waals surface area contributed by atoms with Crippen molar-refractivity contribution in [2.75, 3.05) is 24.8 Å². The van der Waals surface area contributed by atoms with Crippen LogP contribution >= 0.6 is 0 Å². The van der Waals surface area contributed by atoms with E-state index >= 15 is 0 Å². The van der Waals surface area contributed by atoms with Crippen molar-refractivity contribution < 1.29 is 14.3 Å². The number of para-hydroxylation sites is 1. The summed E-state index contributed by atoms with van der Waals surface area (Å²) >= 11 is 0. The number of rotatable bonds is 8. The highest BCUT2D eigenvalue weighted by molar-refractivity contribution is 6.60. The number of nitrogens with zero attached hydrogens (tertiary/aromatic N) is 6. The molecule has 0 spiro atoms. The van der Waals surface area contributed by atoms with Gasteiger partial charge in [-0.15, -0.1) is 10.2 Å². The van der Waals surface area contributed by atoms with E-state index in [2.05, 4.69) is 36.2 Å². The smallest absolute Gasteiger partial charge is 0.323 e. The minimum atomic E-state index is -0.488. The first-order valence-electron chi connectivity index (χ1n) is 11.6. The molecular weight excluding hydrogens is 459 g/mol. The van der Waals surface area contributed by atoms with Gasteiger partial charge in [0.25, 0.3) is 5.91 Å². The molecule has 1 saturated carbocycles. The molecule has 0 radical (unpaired) electrons. The Morgan fingerprint density at radius 1 is 1.19 bits per heavy atom. The fourth-order valence-corrected chi connectivity index (χ4v) is 3.58. The van der Waals surface area contributed by atoms with Gasteiger partial charge in [-0.2, -0.15) is 5.10 Å². The lowest BCUT2D eigenvalue weighted by Gasteiger charge is -2.22. The van der Waals surface area contributed by atoms with E-state index in [0.29, 0.717) is 28.5 Å². The molecule has 0 atom stereocenters. The van der Waals surface area contributed by atoms with Crippen LogP contribution < -0.4 is 20.7 Å². The lowest BCUT2D eigenvalue weighted by Crippen LogP contribution is -2.50. The Morgan fingerprint density at radius 3 is 2.56 bits per heavy atom. The Kier molecular flexibility index (Phi) is 6.91. The maximum Gasteiger partial charge on any atom is 0.323 e. The molecule has 15 heteroatoms. The zero-order valence-electron chi connectivity index (χ0n) is 21.3. The molecule has 12 nitrogen and oxygen atoms in total. The molecule has 184 valence electrons. The van der Waals surface area contributed by atoms with Crippen LogP contribution in [0, 0.1) is 0 Å². The first-order chi connectivity index (χ1) is 17.1. The number of carbonyl (C=O) groups is 2. The van der Waals surface area contributed by atoms with Crippen LogP contribution in [0.2, 0.25) is 0 Å². The Labute approximate surface area is 211 Å². The molecule has 2 heterocycles. The lowest BCUT2D eigenvalue weighted by molar-refractivity contribution is 0.0947. The molecule has 2 aromatic heterocycles. The number of aryl methyl sites for hydroxylation is 1. The van der Waals surface area contributed by atoms with Crippen LogP contribution in [0.4, 0.5) is 22.0 Å². The largest absolute Gasteiger partial charge is 0.494 e. The van der Waals surface area contributed by atoms with Crippen molar-refractivity contribution in [1.29, 1.82) is 0 Å². The highest BCUT2D eigenvalue weighted by Crippen LogP contribution is 2.37. The van der Waals surface area contributed by atoms with Crippen molar-refractivity contribution >= 4 is 52.7 Å². The monoisotopic (exact) mass is 487 g/mol. The molecule has 3 N–H and O–H groups in total. The Hall–Kier alpha value is -4.03. The standard InChI is InChI=1S/C21H28B3N9O3/c1-32-10-25-18(31-32)12-5-4-6-13(17(12)36-3)26-14-9-15(27-20(35)33(2)11-7-8-11)29-30-16(14)19(34)28-21(22,23)24/h4-6,9-11H,7-8,22-24H2,1-3H3,(H,28,34)(H2,26,27,29,35). The predicted molar refractivity (Wildman–Crippen MR) is 144 cm³/mol. The molecule has 1 aromatic carbocycles. The molecule has 4 rings (SSSR count). The van der Waals surface area contributed by atoms with Gasteiger partial charge in [0.2, 0.25) is 0 Å². The van der Waals surface area contributed by atoms with Crippen LogP contribution in [-0.2, 0) is 7.05 Å². The molecule has 0 saturated heterocycles. The van der Waals surface area contributed by atoms with Crippen LogP contribution in [0.15, 0.2) is 30.6 Å². The van der Waals surface area contributed by atoms with Gasteiger partial charge in [0, 0.05) is 26.2 Å². The highest BCUT2D eigenvalue weighted by Gasteiger charge is 2.30. The second kappa shape index (κ2) is 9.92. The number of benzene rings is 1. The Morgan fingerprint density at radius 2 is 1.94 bits per heavy atom. The fourth-order valence-electron chi connectivity index (χ4n) is 3.58. The number of ether oxygens (including phenoxy) is 1. The number of urea groups is 1. The van der Waals surface area contributed by atoms with Crippen LogP contribution in [0.1, 0.15) is 23.3 Å². The molecule has 0 unspecified atom stereocenters. The van der Waals surface area contributed by atoms with Crippen molar-refractivity contribution in [1.82, 2.24) is 35.2 Å². The first kappa shape index (κ1) is 25.1. The summed E-state index contributed by atoms with van der Waals surface area (Å²) in [5.74, 6) is 0.783. The number of aromatic nitrogens is 5. The van der Waals surface area contributed by atoms with Crippen LogP contribution in [0.25, 0.3) is 11.4 Å². The summed E-state index contributed by atoms with van der Waals surface area (Å²) < 4.78 is 7.29. The molecule has 3 amide bonds. The van der Waals surface area contributed by atoms with E-state index in [1.165, 1.54) is 0 Å². The third kappa shape index (κ3) is 5.78. The predicted octanol–water partition coefficient (Wildman–Crippen LogP) is -1.11. The van der Waals surface area contributed by atoms with Crippen LogP contribution in [-0.4, -0.2) is 90.8 Å². The molecule has 1 aliphatic rings. The molecule has 3 aromatic rings. The van der Waals surface area contributed by atoms with E-state index in [1.807, 2.05) is 35.7 Å². The minimum absolute atomic E-state index is 0.0712. The van der Waals surface area contributed by atoms with Gasteiger partial charge >= 0.3 is 6.03 Å². The zero-order chi connectivity index (χ0) is 26.0. The quantitative estimate of drug-likeness (QED) is 0.341. The van der Waals surface area contributed by atoms with Crippen LogP contribution in [0.5, 0.6) is 5.75 Å². The Bertz CT molecular complexity index is 1290. The number of carbonyl (C=O) groups excluding carboxylic acids is 2. The van der Waals surface area contributed by atoms with Gasteiger partial charge in [-0.1, -0.05) is 6.07 Å². The van der Waals surface area contributed by atoms with Crippen molar-refractivity contribution in [3.8, 4) is 17.1 Å². The van der Waals surface area contributed by atoms with Crippen molar-refractivity contribution in [3.05, 3.63) is 36.3 Å². The molecule has 36 heavy (non-hydrogen) atoms. The number of hydrogen-bond acceptors (Lipinski definition) is 8. The maximum atomic E-state index is 13.1. The minimum Gasteiger partial charge on any atom is -0.494 e. The number of amides is 3. The molecule has 0 bridgehead atoms. The van der Waals surface area contributed by atoms with Gasteiger partial charge in [-0.3, -0.25) is 14.8 Å². The van der Waals surface area contributed by atoms with Crippen molar-refractivity contribution in [2.24, 2.45) is 7.05 Å².